The number of halogens is 3. The lowest BCUT2D eigenvalue weighted by atomic mass is 10.0. The minimum atomic E-state index is -1.17. The summed E-state index contributed by atoms with van der Waals surface area (Å²) in [6.07, 6.45) is 3.04. The smallest absolute Gasteiger partial charge is 0.133 e. The van der Waals surface area contributed by atoms with Gasteiger partial charge in [-0.25, -0.2) is 8.78 Å². The zero-order valence-corrected chi connectivity index (χ0v) is 11.9. The molecular weight excluding hydrogens is 318 g/mol. The van der Waals surface area contributed by atoms with Crippen molar-refractivity contribution in [2.45, 2.75) is 18.9 Å². The maximum atomic E-state index is 13.6. The molecule has 6 heteroatoms. The highest BCUT2D eigenvalue weighted by molar-refractivity contribution is 9.10. The van der Waals surface area contributed by atoms with Crippen molar-refractivity contribution in [3.8, 4) is 0 Å². The van der Waals surface area contributed by atoms with Crippen molar-refractivity contribution < 1.29 is 13.9 Å². The first-order chi connectivity index (χ1) is 8.97. The summed E-state index contributed by atoms with van der Waals surface area (Å²) in [6.45, 7) is 0. The van der Waals surface area contributed by atoms with Gasteiger partial charge in [-0.3, -0.25) is 4.68 Å². The van der Waals surface area contributed by atoms with E-state index in [2.05, 4.69) is 21.0 Å². The molecule has 0 radical (unpaired) electrons. The number of hydrogen-bond donors (Lipinski definition) is 1. The van der Waals surface area contributed by atoms with Gasteiger partial charge in [0, 0.05) is 17.7 Å². The van der Waals surface area contributed by atoms with Crippen LogP contribution in [0, 0.1) is 11.6 Å². The third-order valence-electron chi connectivity index (χ3n) is 2.84. The molecule has 1 heterocycles. The Bertz CT molecular complexity index is 563. The van der Waals surface area contributed by atoms with Crippen LogP contribution in [-0.2, 0) is 13.5 Å². The van der Waals surface area contributed by atoms with E-state index in [0.717, 1.165) is 17.7 Å². The van der Waals surface area contributed by atoms with Crippen LogP contribution in [0.4, 0.5) is 8.78 Å². The van der Waals surface area contributed by atoms with E-state index in [1.165, 1.54) is 0 Å². The SMILES string of the molecule is Cn1cc(CCC(O)c2c(F)cc(Br)cc2F)cn1. The van der Waals surface area contributed by atoms with Crippen LogP contribution in [0.1, 0.15) is 23.7 Å². The number of aliphatic hydroxyl groups excluding tert-OH is 1. The number of hydrogen-bond acceptors (Lipinski definition) is 2. The predicted molar refractivity (Wildman–Crippen MR) is 70.5 cm³/mol. The average molecular weight is 331 g/mol. The second-order valence-corrected chi connectivity index (χ2v) is 5.28. The maximum absolute atomic E-state index is 13.6. The van der Waals surface area contributed by atoms with Crippen molar-refractivity contribution >= 4 is 15.9 Å². The van der Waals surface area contributed by atoms with Crippen LogP contribution in [0.15, 0.2) is 29.0 Å². The molecule has 0 amide bonds. The zero-order chi connectivity index (χ0) is 14.0. The number of aliphatic hydroxyl groups is 1. The second kappa shape index (κ2) is 5.79. The van der Waals surface area contributed by atoms with Gasteiger partial charge in [-0.1, -0.05) is 15.9 Å². The Morgan fingerprint density at radius 1 is 1.37 bits per heavy atom. The Balaban J connectivity index is 2.10. The molecule has 0 aliphatic heterocycles. The van der Waals surface area contributed by atoms with Gasteiger partial charge in [0.25, 0.3) is 0 Å². The van der Waals surface area contributed by atoms with Gasteiger partial charge in [0.2, 0.25) is 0 Å². The summed E-state index contributed by atoms with van der Waals surface area (Å²) in [5, 5.41) is 13.9. The van der Waals surface area contributed by atoms with Crippen LogP contribution in [0.2, 0.25) is 0 Å². The fourth-order valence-electron chi connectivity index (χ4n) is 1.92. The molecule has 1 aromatic carbocycles. The van der Waals surface area contributed by atoms with E-state index in [1.54, 1.807) is 24.1 Å². The maximum Gasteiger partial charge on any atom is 0.133 e. The van der Waals surface area contributed by atoms with E-state index in [1.807, 2.05) is 0 Å². The lowest BCUT2D eigenvalue weighted by molar-refractivity contribution is 0.158. The van der Waals surface area contributed by atoms with Crippen LogP contribution in [-0.4, -0.2) is 14.9 Å². The number of rotatable bonds is 4. The number of nitrogens with zero attached hydrogens (tertiary/aromatic N) is 2. The van der Waals surface area contributed by atoms with Crippen LogP contribution in [0.3, 0.4) is 0 Å². The molecule has 0 spiro atoms. The third-order valence-corrected chi connectivity index (χ3v) is 3.30. The number of benzene rings is 1. The second-order valence-electron chi connectivity index (χ2n) is 4.36. The van der Waals surface area contributed by atoms with Gasteiger partial charge in [0.1, 0.15) is 11.6 Å². The fraction of sp³-hybridized carbons (Fsp3) is 0.308. The number of aryl methyl sites for hydroxylation is 2. The quantitative estimate of drug-likeness (QED) is 0.935. The standard InChI is InChI=1S/C13H13BrF2N2O/c1-18-7-8(6-17-18)2-3-12(19)13-10(15)4-9(14)5-11(13)16/h4-7,12,19H,2-3H2,1H3. The Morgan fingerprint density at radius 2 is 2.00 bits per heavy atom. The Kier molecular flexibility index (Phi) is 4.31. The van der Waals surface area contributed by atoms with Crippen molar-refractivity contribution in [2.75, 3.05) is 0 Å². The molecule has 102 valence electrons. The summed E-state index contributed by atoms with van der Waals surface area (Å²) in [7, 11) is 1.79. The van der Waals surface area contributed by atoms with Crippen molar-refractivity contribution in [1.82, 2.24) is 9.78 Å². The lowest BCUT2D eigenvalue weighted by Gasteiger charge is -2.12. The minimum absolute atomic E-state index is 0.237. The van der Waals surface area contributed by atoms with Crippen molar-refractivity contribution in [2.24, 2.45) is 7.05 Å². The first-order valence-electron chi connectivity index (χ1n) is 5.77. The van der Waals surface area contributed by atoms with E-state index in [0.29, 0.717) is 10.9 Å². The van der Waals surface area contributed by atoms with E-state index >= 15 is 0 Å². The van der Waals surface area contributed by atoms with E-state index in [-0.39, 0.29) is 12.0 Å². The summed E-state index contributed by atoms with van der Waals surface area (Å²) in [4.78, 5) is 0. The average Bonchev–Trinajstić information content (AvgIpc) is 2.71. The molecule has 0 bridgehead atoms. The van der Waals surface area contributed by atoms with Crippen molar-refractivity contribution in [1.29, 1.82) is 0 Å². The van der Waals surface area contributed by atoms with E-state index in [9.17, 15) is 13.9 Å². The molecule has 0 aliphatic rings. The summed E-state index contributed by atoms with van der Waals surface area (Å²) in [6, 6.07) is 2.29. The molecule has 1 N–H and O–H groups in total. The summed E-state index contributed by atoms with van der Waals surface area (Å²) in [5.74, 6) is -1.49. The Hall–Kier alpha value is -1.27. The van der Waals surface area contributed by atoms with Gasteiger partial charge in [-0.2, -0.15) is 5.10 Å². The van der Waals surface area contributed by atoms with Crippen LogP contribution < -0.4 is 0 Å². The van der Waals surface area contributed by atoms with Crippen LogP contribution in [0.25, 0.3) is 0 Å². The molecule has 2 rings (SSSR count). The monoisotopic (exact) mass is 330 g/mol. The Morgan fingerprint density at radius 3 is 2.53 bits per heavy atom. The molecule has 0 aliphatic carbocycles. The topological polar surface area (TPSA) is 38.0 Å². The minimum Gasteiger partial charge on any atom is -0.388 e. The summed E-state index contributed by atoms with van der Waals surface area (Å²) < 4.78 is 29.2. The van der Waals surface area contributed by atoms with Gasteiger partial charge in [-0.05, 0) is 30.5 Å². The van der Waals surface area contributed by atoms with E-state index in [4.69, 9.17) is 0 Å². The molecular formula is C13H13BrF2N2O. The molecule has 1 aromatic heterocycles. The molecule has 0 fully saturated rings. The first-order valence-corrected chi connectivity index (χ1v) is 6.56. The molecule has 0 saturated carbocycles. The predicted octanol–water partition coefficient (Wildman–Crippen LogP) is 3.13. The molecule has 19 heavy (non-hydrogen) atoms. The fourth-order valence-corrected chi connectivity index (χ4v) is 2.32. The van der Waals surface area contributed by atoms with Crippen LogP contribution in [0.5, 0.6) is 0 Å². The molecule has 2 aromatic rings. The van der Waals surface area contributed by atoms with Crippen molar-refractivity contribution in [3.63, 3.8) is 0 Å². The first kappa shape index (κ1) is 14.1. The molecule has 1 atom stereocenters. The molecule has 3 nitrogen and oxygen atoms in total. The molecule has 1 unspecified atom stereocenters. The lowest BCUT2D eigenvalue weighted by Crippen LogP contribution is -2.05. The van der Waals surface area contributed by atoms with Crippen molar-refractivity contribution in [3.05, 3.63) is 51.8 Å². The Labute approximate surface area is 118 Å². The largest absolute Gasteiger partial charge is 0.388 e. The zero-order valence-electron chi connectivity index (χ0n) is 10.3. The van der Waals surface area contributed by atoms with E-state index < -0.39 is 17.7 Å². The summed E-state index contributed by atoms with van der Waals surface area (Å²) in [5.41, 5.74) is 0.631. The van der Waals surface area contributed by atoms with Gasteiger partial charge in [0.15, 0.2) is 0 Å². The number of aromatic nitrogens is 2. The normalized spacial score (nSPS) is 12.7. The highest BCUT2D eigenvalue weighted by atomic mass is 79.9. The summed E-state index contributed by atoms with van der Waals surface area (Å²) >= 11 is 3.00. The van der Waals surface area contributed by atoms with Gasteiger partial charge in [-0.15, -0.1) is 0 Å². The highest BCUT2D eigenvalue weighted by Gasteiger charge is 2.19. The van der Waals surface area contributed by atoms with Gasteiger partial charge < -0.3 is 5.11 Å². The van der Waals surface area contributed by atoms with Gasteiger partial charge in [0.05, 0.1) is 17.9 Å². The molecule has 0 saturated heterocycles. The van der Waals surface area contributed by atoms with Crippen LogP contribution >= 0.6 is 15.9 Å². The van der Waals surface area contributed by atoms with Gasteiger partial charge >= 0.3 is 0 Å². The highest BCUT2D eigenvalue weighted by Crippen LogP contribution is 2.27. The third kappa shape index (κ3) is 3.39.